The van der Waals surface area contributed by atoms with Gasteiger partial charge in [0.2, 0.25) is 0 Å². The van der Waals surface area contributed by atoms with Crippen LogP contribution in [-0.2, 0) is 0 Å². The number of hydrogen-bond donors (Lipinski definition) is 2. The highest BCUT2D eigenvalue weighted by atomic mass is 35.5. The molecule has 2 rings (SSSR count). The van der Waals surface area contributed by atoms with E-state index in [9.17, 15) is 4.79 Å². The third-order valence-corrected chi connectivity index (χ3v) is 3.10. The van der Waals surface area contributed by atoms with Crippen LogP contribution in [0.4, 0.5) is 5.69 Å². The summed E-state index contributed by atoms with van der Waals surface area (Å²) in [6.07, 6.45) is 0. The fourth-order valence-corrected chi connectivity index (χ4v) is 1.85. The highest BCUT2D eigenvalue weighted by Gasteiger charge is 2.09. The van der Waals surface area contributed by atoms with Crippen LogP contribution in [0.2, 0.25) is 5.02 Å². The molecule has 2 aromatic carbocycles. The minimum absolute atomic E-state index is 0.234. The standard InChI is InChI=1S/C14H11ClN2OS/c15-11-7-6-10(13(16)19)8-12(11)17-14(18)9-4-2-1-3-5-9/h1-8H,(H2,16,19)(H,17,18). The monoisotopic (exact) mass is 290 g/mol. The average Bonchev–Trinajstić information content (AvgIpc) is 2.42. The lowest BCUT2D eigenvalue weighted by Gasteiger charge is -2.09. The summed E-state index contributed by atoms with van der Waals surface area (Å²) in [5, 5.41) is 3.17. The lowest BCUT2D eigenvalue weighted by Crippen LogP contribution is -2.14. The topological polar surface area (TPSA) is 55.1 Å². The molecule has 2 aromatic rings. The van der Waals surface area contributed by atoms with Crippen molar-refractivity contribution in [2.75, 3.05) is 5.32 Å². The smallest absolute Gasteiger partial charge is 0.255 e. The van der Waals surface area contributed by atoms with Gasteiger partial charge >= 0.3 is 0 Å². The Morgan fingerprint density at radius 1 is 1.11 bits per heavy atom. The Hall–Kier alpha value is -1.91. The molecule has 1 amide bonds. The van der Waals surface area contributed by atoms with Gasteiger partial charge in [-0.05, 0) is 24.3 Å². The fourth-order valence-electron chi connectivity index (χ4n) is 1.56. The summed E-state index contributed by atoms with van der Waals surface area (Å²) in [5.41, 5.74) is 7.25. The number of benzene rings is 2. The molecule has 0 saturated heterocycles. The van der Waals surface area contributed by atoms with Gasteiger partial charge in [-0.1, -0.05) is 48.1 Å². The van der Waals surface area contributed by atoms with E-state index in [4.69, 9.17) is 29.6 Å². The van der Waals surface area contributed by atoms with E-state index in [1.54, 1.807) is 42.5 Å². The zero-order valence-electron chi connectivity index (χ0n) is 9.89. The Kier molecular flexibility index (Phi) is 4.14. The number of nitrogens with two attached hydrogens (primary N) is 1. The molecule has 96 valence electrons. The first-order chi connectivity index (χ1) is 9.08. The molecule has 0 radical (unpaired) electrons. The maximum atomic E-state index is 12.0. The average molecular weight is 291 g/mol. The third kappa shape index (κ3) is 3.30. The number of halogens is 1. The van der Waals surface area contributed by atoms with E-state index in [-0.39, 0.29) is 10.9 Å². The van der Waals surface area contributed by atoms with Crippen molar-refractivity contribution >= 4 is 40.4 Å². The van der Waals surface area contributed by atoms with E-state index in [0.717, 1.165) is 0 Å². The predicted octanol–water partition coefficient (Wildman–Crippen LogP) is 3.23. The largest absolute Gasteiger partial charge is 0.389 e. The van der Waals surface area contributed by atoms with Crippen LogP contribution in [0.5, 0.6) is 0 Å². The van der Waals surface area contributed by atoms with Crippen LogP contribution in [0.25, 0.3) is 0 Å². The molecule has 0 aliphatic carbocycles. The van der Waals surface area contributed by atoms with Crippen molar-refractivity contribution in [2.24, 2.45) is 5.73 Å². The second-order valence-corrected chi connectivity index (χ2v) is 4.73. The molecular weight excluding hydrogens is 280 g/mol. The van der Waals surface area contributed by atoms with Gasteiger partial charge in [0.05, 0.1) is 10.7 Å². The van der Waals surface area contributed by atoms with Crippen molar-refractivity contribution in [3.05, 3.63) is 64.7 Å². The summed E-state index contributed by atoms with van der Waals surface area (Å²) in [6.45, 7) is 0. The molecule has 0 heterocycles. The number of anilines is 1. The summed E-state index contributed by atoms with van der Waals surface area (Å²) in [6, 6.07) is 13.9. The molecule has 0 spiro atoms. The maximum absolute atomic E-state index is 12.0. The lowest BCUT2D eigenvalue weighted by atomic mass is 10.1. The van der Waals surface area contributed by atoms with Crippen LogP contribution in [0.15, 0.2) is 48.5 Å². The summed E-state index contributed by atoms with van der Waals surface area (Å²) in [4.78, 5) is 12.3. The molecule has 0 atom stereocenters. The number of carbonyl (C=O) groups excluding carboxylic acids is 1. The Balaban J connectivity index is 2.26. The molecule has 0 aliphatic rings. The molecule has 19 heavy (non-hydrogen) atoms. The Morgan fingerprint density at radius 2 is 1.79 bits per heavy atom. The summed E-state index contributed by atoms with van der Waals surface area (Å²) in [5.74, 6) is -0.234. The predicted molar refractivity (Wildman–Crippen MR) is 81.7 cm³/mol. The SMILES string of the molecule is NC(=S)c1ccc(Cl)c(NC(=O)c2ccccc2)c1. The third-order valence-electron chi connectivity index (χ3n) is 2.54. The lowest BCUT2D eigenvalue weighted by molar-refractivity contribution is 0.102. The second kappa shape index (κ2) is 5.82. The van der Waals surface area contributed by atoms with Crippen LogP contribution in [0.1, 0.15) is 15.9 Å². The molecule has 5 heteroatoms. The van der Waals surface area contributed by atoms with Crippen molar-refractivity contribution in [3.63, 3.8) is 0 Å². The Bertz CT molecular complexity index is 629. The van der Waals surface area contributed by atoms with Crippen molar-refractivity contribution in [2.45, 2.75) is 0 Å². The molecule has 0 saturated carbocycles. The van der Waals surface area contributed by atoms with Crippen molar-refractivity contribution in [3.8, 4) is 0 Å². The quantitative estimate of drug-likeness (QED) is 0.853. The van der Waals surface area contributed by atoms with Crippen LogP contribution >= 0.6 is 23.8 Å². The summed E-state index contributed by atoms with van der Waals surface area (Å²) >= 11 is 10.9. The molecule has 0 fully saturated rings. The first kappa shape index (κ1) is 13.5. The van der Waals surface area contributed by atoms with E-state index >= 15 is 0 Å². The number of hydrogen-bond acceptors (Lipinski definition) is 2. The number of amides is 1. The number of rotatable bonds is 3. The van der Waals surface area contributed by atoms with Gasteiger partial charge in [0, 0.05) is 11.1 Å². The van der Waals surface area contributed by atoms with Gasteiger partial charge in [-0.25, -0.2) is 0 Å². The molecule has 3 nitrogen and oxygen atoms in total. The molecule has 0 aliphatic heterocycles. The summed E-state index contributed by atoms with van der Waals surface area (Å²) in [7, 11) is 0. The van der Waals surface area contributed by atoms with Gasteiger partial charge in [0.25, 0.3) is 5.91 Å². The Labute approximate surface area is 121 Å². The van der Waals surface area contributed by atoms with E-state index in [2.05, 4.69) is 5.32 Å². The fraction of sp³-hybridized carbons (Fsp3) is 0. The highest BCUT2D eigenvalue weighted by Crippen LogP contribution is 2.23. The van der Waals surface area contributed by atoms with Gasteiger partial charge in [0.1, 0.15) is 4.99 Å². The van der Waals surface area contributed by atoms with Gasteiger partial charge in [-0.2, -0.15) is 0 Å². The van der Waals surface area contributed by atoms with Gasteiger partial charge in [-0.15, -0.1) is 0 Å². The van der Waals surface area contributed by atoms with Crippen LogP contribution in [0, 0.1) is 0 Å². The van der Waals surface area contributed by atoms with Crippen molar-refractivity contribution in [1.29, 1.82) is 0 Å². The second-order valence-electron chi connectivity index (χ2n) is 3.88. The van der Waals surface area contributed by atoms with Gasteiger partial charge in [-0.3, -0.25) is 4.79 Å². The molecular formula is C14H11ClN2OS. The van der Waals surface area contributed by atoms with E-state index in [1.807, 2.05) is 6.07 Å². The minimum Gasteiger partial charge on any atom is -0.389 e. The zero-order chi connectivity index (χ0) is 13.8. The molecule has 3 N–H and O–H groups in total. The molecule has 0 unspecified atom stereocenters. The van der Waals surface area contributed by atoms with Crippen molar-refractivity contribution in [1.82, 2.24) is 0 Å². The van der Waals surface area contributed by atoms with Crippen LogP contribution in [0.3, 0.4) is 0 Å². The number of nitrogens with one attached hydrogen (secondary N) is 1. The van der Waals surface area contributed by atoms with E-state index in [1.165, 1.54) is 0 Å². The minimum atomic E-state index is -0.234. The van der Waals surface area contributed by atoms with E-state index < -0.39 is 0 Å². The van der Waals surface area contributed by atoms with Gasteiger partial charge in [0.15, 0.2) is 0 Å². The van der Waals surface area contributed by atoms with Crippen LogP contribution < -0.4 is 11.1 Å². The maximum Gasteiger partial charge on any atom is 0.255 e. The van der Waals surface area contributed by atoms with Crippen LogP contribution in [-0.4, -0.2) is 10.9 Å². The number of carbonyl (C=O) groups is 1. The van der Waals surface area contributed by atoms with Crippen molar-refractivity contribution < 1.29 is 4.79 Å². The first-order valence-electron chi connectivity index (χ1n) is 5.53. The molecule has 0 aromatic heterocycles. The highest BCUT2D eigenvalue weighted by molar-refractivity contribution is 7.80. The number of thiocarbonyl (C=S) groups is 1. The van der Waals surface area contributed by atoms with E-state index in [0.29, 0.717) is 21.8 Å². The summed E-state index contributed by atoms with van der Waals surface area (Å²) < 4.78 is 0. The molecule has 0 bridgehead atoms. The van der Waals surface area contributed by atoms with Gasteiger partial charge < -0.3 is 11.1 Å². The Morgan fingerprint density at radius 3 is 2.42 bits per heavy atom. The zero-order valence-corrected chi connectivity index (χ0v) is 11.5. The first-order valence-corrected chi connectivity index (χ1v) is 6.32. The normalized spacial score (nSPS) is 9.95.